The summed E-state index contributed by atoms with van der Waals surface area (Å²) in [6.45, 7) is 0.804. The predicted octanol–water partition coefficient (Wildman–Crippen LogP) is 4.10. The van der Waals surface area contributed by atoms with Crippen LogP contribution in [0.1, 0.15) is 0 Å². The normalized spacial score (nSPS) is 17.7. The summed E-state index contributed by atoms with van der Waals surface area (Å²) in [5.41, 5.74) is 3.85. The Bertz CT molecular complexity index is 941. The predicted molar refractivity (Wildman–Crippen MR) is 139 cm³/mol. The molecule has 0 bridgehead atoms. The van der Waals surface area contributed by atoms with Crippen molar-refractivity contribution in [2.75, 3.05) is 45.2 Å². The molecule has 4 rings (SSSR count). The zero-order chi connectivity index (χ0) is 22.1. The van der Waals surface area contributed by atoms with Crippen molar-refractivity contribution in [1.82, 2.24) is 13.9 Å². The third-order valence-electron chi connectivity index (χ3n) is 6.36. The maximum absolute atomic E-state index is 6.47. The molecule has 0 spiro atoms. The molecule has 0 unspecified atom stereocenters. The fraction of sp³-hybridized carbons (Fsp3) is 0.250. The summed E-state index contributed by atoms with van der Waals surface area (Å²) in [5.74, 6) is 0.579. The van der Waals surface area contributed by atoms with Crippen LogP contribution >= 0.6 is 19.5 Å². The Morgan fingerprint density at radius 3 is 1.52 bits per heavy atom. The standard InChI is InChI=1S/C24H31BClN4P/c1-27(2)31(28(3)4)29(21-20-26)25(22-14-8-5-9-15-22,23-16-10-6-11-17-23)30(31)24-18-12-7-13-19-24/h5-19H,20-21H2,1-4H3/q-1. The van der Waals surface area contributed by atoms with Gasteiger partial charge in [-0.15, -0.1) is 11.6 Å². The van der Waals surface area contributed by atoms with Crippen LogP contribution in [-0.2, 0) is 0 Å². The van der Waals surface area contributed by atoms with Gasteiger partial charge in [-0.25, -0.2) is 0 Å². The van der Waals surface area contributed by atoms with E-state index in [1.807, 2.05) is 0 Å². The monoisotopic (exact) mass is 452 g/mol. The fourth-order valence-corrected chi connectivity index (χ4v) is 10.7. The molecule has 4 nitrogen and oxygen atoms in total. The number of nitrogens with zero attached hydrogens (tertiary/aromatic N) is 4. The minimum absolute atomic E-state index is 0.579. The van der Waals surface area contributed by atoms with E-state index in [0.29, 0.717) is 5.88 Å². The van der Waals surface area contributed by atoms with Crippen LogP contribution in [0.4, 0.5) is 5.69 Å². The van der Waals surface area contributed by atoms with Gasteiger partial charge in [0.05, 0.1) is 7.87 Å². The number of anilines is 1. The molecule has 0 saturated carbocycles. The lowest BCUT2D eigenvalue weighted by atomic mass is 9.36. The summed E-state index contributed by atoms with van der Waals surface area (Å²) in [7, 11) is 6.73. The molecule has 1 fully saturated rings. The van der Waals surface area contributed by atoms with Crippen LogP contribution in [0.3, 0.4) is 0 Å². The topological polar surface area (TPSA) is 13.0 Å². The fourth-order valence-electron chi connectivity index (χ4n) is 5.47. The summed E-state index contributed by atoms with van der Waals surface area (Å²) in [5, 5.41) is 0. The Morgan fingerprint density at radius 2 is 1.13 bits per heavy atom. The van der Waals surface area contributed by atoms with Crippen LogP contribution < -0.4 is 15.5 Å². The van der Waals surface area contributed by atoms with E-state index in [9.17, 15) is 0 Å². The first kappa shape index (κ1) is 22.3. The molecule has 0 aromatic heterocycles. The van der Waals surface area contributed by atoms with Gasteiger partial charge in [-0.05, 0) is 46.9 Å². The molecule has 0 aliphatic carbocycles. The van der Waals surface area contributed by atoms with Gasteiger partial charge in [0.1, 0.15) is 0 Å². The number of para-hydroxylation sites is 1. The van der Waals surface area contributed by atoms with Crippen LogP contribution in [0.2, 0.25) is 0 Å². The number of rotatable bonds is 7. The minimum atomic E-state index is -2.05. The summed E-state index contributed by atoms with van der Waals surface area (Å²) < 4.78 is 10.2. The van der Waals surface area contributed by atoms with Crippen LogP contribution in [-0.4, -0.2) is 61.0 Å². The summed E-state index contributed by atoms with van der Waals surface area (Å²) in [4.78, 5) is 0. The van der Waals surface area contributed by atoms with E-state index in [2.05, 4.69) is 138 Å². The van der Waals surface area contributed by atoms with Gasteiger partial charge in [0, 0.05) is 11.6 Å². The zero-order valence-corrected chi connectivity index (χ0v) is 20.4. The molecule has 1 heterocycles. The van der Waals surface area contributed by atoms with Crippen molar-refractivity contribution in [2.45, 2.75) is 0 Å². The molecule has 1 aliphatic heterocycles. The lowest BCUT2D eigenvalue weighted by molar-refractivity contribution is 0.452. The Balaban J connectivity index is 2.10. The van der Waals surface area contributed by atoms with Gasteiger partial charge in [-0.1, -0.05) is 78.9 Å². The van der Waals surface area contributed by atoms with E-state index in [-0.39, 0.29) is 0 Å². The second-order valence-corrected chi connectivity index (χ2v) is 12.4. The Kier molecular flexibility index (Phi) is 6.43. The van der Waals surface area contributed by atoms with Crippen molar-refractivity contribution in [3.63, 3.8) is 0 Å². The number of benzene rings is 3. The SMILES string of the molecule is CN(C)[P]1(N(C)C)N(CCCl)[B-](c2ccccc2)(c2ccccc2)N1c1ccccc1. The van der Waals surface area contributed by atoms with Crippen LogP contribution in [0, 0.1) is 0 Å². The Hall–Kier alpha value is -1.88. The minimum Gasteiger partial charge on any atom is -0.476 e. The molecule has 0 atom stereocenters. The highest BCUT2D eigenvalue weighted by molar-refractivity contribution is 7.81. The highest BCUT2D eigenvalue weighted by Crippen LogP contribution is 2.78. The lowest BCUT2D eigenvalue weighted by Crippen LogP contribution is -2.90. The van der Waals surface area contributed by atoms with Crippen molar-refractivity contribution in [1.29, 1.82) is 0 Å². The molecule has 7 heteroatoms. The Labute approximate surface area is 192 Å². The molecular weight excluding hydrogens is 422 g/mol. The Morgan fingerprint density at radius 1 is 0.710 bits per heavy atom. The highest BCUT2D eigenvalue weighted by atomic mass is 35.5. The van der Waals surface area contributed by atoms with Crippen LogP contribution in [0.5, 0.6) is 0 Å². The molecule has 3 aromatic carbocycles. The first-order chi connectivity index (χ1) is 15.0. The summed E-state index contributed by atoms with van der Waals surface area (Å²) in [6, 6.07) is 32.7. The van der Waals surface area contributed by atoms with Gasteiger partial charge in [0.25, 0.3) is 0 Å². The largest absolute Gasteiger partial charge is 0.476 e. The lowest BCUT2D eigenvalue weighted by Gasteiger charge is -2.85. The van der Waals surface area contributed by atoms with E-state index >= 15 is 0 Å². The molecule has 1 radical (unpaired) electrons. The summed E-state index contributed by atoms with van der Waals surface area (Å²) >= 11 is 6.47. The van der Waals surface area contributed by atoms with E-state index < -0.39 is 14.3 Å². The third-order valence-corrected chi connectivity index (χ3v) is 11.0. The van der Waals surface area contributed by atoms with Crippen molar-refractivity contribution >= 4 is 42.5 Å². The molecule has 31 heavy (non-hydrogen) atoms. The van der Waals surface area contributed by atoms with Gasteiger partial charge in [0.2, 0.25) is 6.42 Å². The molecule has 0 amide bonds. The van der Waals surface area contributed by atoms with E-state index in [1.165, 1.54) is 16.6 Å². The van der Waals surface area contributed by atoms with E-state index in [0.717, 1.165) is 6.54 Å². The molecular formula is C24H31BClN4P-. The molecule has 0 N–H and O–H groups in total. The van der Waals surface area contributed by atoms with Gasteiger partial charge < -0.3 is 9.16 Å². The number of hydrogen-bond acceptors (Lipinski definition) is 4. The average Bonchev–Trinajstić information content (AvgIpc) is 2.78. The number of alkyl halides is 1. The van der Waals surface area contributed by atoms with Crippen molar-refractivity contribution in [3.8, 4) is 0 Å². The van der Waals surface area contributed by atoms with Gasteiger partial charge in [-0.3, -0.25) is 9.34 Å². The molecule has 3 aromatic rings. The maximum Gasteiger partial charge on any atom is 0.223 e. The first-order valence-corrected chi connectivity index (χ1v) is 12.9. The van der Waals surface area contributed by atoms with Crippen molar-refractivity contribution < 1.29 is 0 Å². The van der Waals surface area contributed by atoms with E-state index in [4.69, 9.17) is 11.6 Å². The zero-order valence-electron chi connectivity index (χ0n) is 18.8. The quantitative estimate of drug-likeness (QED) is 0.304. The first-order valence-electron chi connectivity index (χ1n) is 10.7. The number of hydrogen-bond donors (Lipinski definition) is 0. The van der Waals surface area contributed by atoms with Gasteiger partial charge in [-0.2, -0.15) is 10.9 Å². The molecule has 1 aliphatic rings. The van der Waals surface area contributed by atoms with Crippen molar-refractivity contribution in [2.24, 2.45) is 0 Å². The highest BCUT2D eigenvalue weighted by Gasteiger charge is 2.63. The second kappa shape index (κ2) is 8.93. The van der Waals surface area contributed by atoms with Gasteiger partial charge >= 0.3 is 0 Å². The van der Waals surface area contributed by atoms with E-state index in [1.54, 1.807) is 0 Å². The van der Waals surface area contributed by atoms with Crippen LogP contribution in [0.15, 0.2) is 91.0 Å². The second-order valence-electron chi connectivity index (χ2n) is 8.36. The van der Waals surface area contributed by atoms with Crippen LogP contribution in [0.25, 0.3) is 0 Å². The average molecular weight is 453 g/mol. The smallest absolute Gasteiger partial charge is 0.223 e. The van der Waals surface area contributed by atoms with Gasteiger partial charge in [0.15, 0.2) is 0 Å². The van der Waals surface area contributed by atoms with Crippen molar-refractivity contribution in [3.05, 3.63) is 91.0 Å². The summed E-state index contributed by atoms with van der Waals surface area (Å²) in [6.07, 6.45) is -1.39. The maximum atomic E-state index is 6.47. The molecule has 163 valence electrons. The number of halogens is 1. The molecule has 1 saturated heterocycles. The third kappa shape index (κ3) is 3.23.